The molecule has 0 fully saturated rings. The van der Waals surface area contributed by atoms with Gasteiger partial charge >= 0.3 is 5.97 Å². The van der Waals surface area contributed by atoms with E-state index in [1.807, 2.05) is 39.8 Å². The fourth-order valence-corrected chi connectivity index (χ4v) is 3.34. The fraction of sp³-hybridized carbons (Fsp3) is 0.250. The molecule has 5 nitrogen and oxygen atoms in total. The molecule has 0 unspecified atom stereocenters. The predicted molar refractivity (Wildman–Crippen MR) is 104 cm³/mol. The third-order valence-corrected chi connectivity index (χ3v) is 4.89. The molecular formula is C20H20N2O3S. The molecule has 0 aliphatic rings. The molecule has 2 aromatic carbocycles. The lowest BCUT2D eigenvalue weighted by atomic mass is 10.1. The van der Waals surface area contributed by atoms with Crippen molar-refractivity contribution in [3.8, 4) is 0 Å². The van der Waals surface area contributed by atoms with Crippen molar-refractivity contribution >= 4 is 38.6 Å². The van der Waals surface area contributed by atoms with Crippen LogP contribution in [0.1, 0.15) is 45.7 Å². The minimum absolute atomic E-state index is 0.174. The number of carbonyl (C=O) groups is 2. The Labute approximate surface area is 156 Å². The average Bonchev–Trinajstić information content (AvgIpc) is 2.97. The van der Waals surface area contributed by atoms with Gasteiger partial charge in [-0.3, -0.25) is 10.1 Å². The molecule has 26 heavy (non-hydrogen) atoms. The maximum Gasteiger partial charge on any atom is 0.338 e. The summed E-state index contributed by atoms with van der Waals surface area (Å²) < 4.78 is 6.03. The molecule has 0 spiro atoms. The van der Waals surface area contributed by atoms with Gasteiger partial charge < -0.3 is 4.74 Å². The number of esters is 1. The molecule has 1 aromatic heterocycles. The van der Waals surface area contributed by atoms with Crippen molar-refractivity contribution in [2.24, 2.45) is 0 Å². The summed E-state index contributed by atoms with van der Waals surface area (Å²) in [6, 6.07) is 10.8. The molecule has 0 aliphatic heterocycles. The first kappa shape index (κ1) is 18.1. The lowest BCUT2D eigenvalue weighted by Crippen LogP contribution is -2.11. The standard InChI is InChI=1S/C20H20N2O3S/c1-11(2)25-19(24)15-7-8-16-17(10-15)26-20(21-16)22-18(23)14-6-5-12(3)13(4)9-14/h5-11H,1-4H3,(H,21,22,23). The van der Waals surface area contributed by atoms with E-state index in [-0.39, 0.29) is 18.0 Å². The van der Waals surface area contributed by atoms with Crippen LogP contribution in [-0.2, 0) is 4.74 Å². The Morgan fingerprint density at radius 3 is 2.46 bits per heavy atom. The van der Waals surface area contributed by atoms with Crippen LogP contribution in [0.3, 0.4) is 0 Å². The molecule has 1 amide bonds. The van der Waals surface area contributed by atoms with Crippen LogP contribution in [0.25, 0.3) is 10.2 Å². The van der Waals surface area contributed by atoms with E-state index >= 15 is 0 Å². The predicted octanol–water partition coefficient (Wildman–Crippen LogP) is 4.73. The number of ether oxygens (including phenoxy) is 1. The van der Waals surface area contributed by atoms with Crippen LogP contribution in [0.5, 0.6) is 0 Å². The van der Waals surface area contributed by atoms with Gasteiger partial charge in [0.15, 0.2) is 5.13 Å². The van der Waals surface area contributed by atoms with E-state index in [9.17, 15) is 9.59 Å². The highest BCUT2D eigenvalue weighted by Crippen LogP contribution is 2.27. The topological polar surface area (TPSA) is 68.3 Å². The van der Waals surface area contributed by atoms with Gasteiger partial charge in [-0.05, 0) is 69.2 Å². The number of carbonyl (C=O) groups excluding carboxylic acids is 2. The summed E-state index contributed by atoms with van der Waals surface area (Å²) in [5, 5.41) is 3.33. The molecule has 0 bridgehead atoms. The quantitative estimate of drug-likeness (QED) is 0.676. The maximum absolute atomic E-state index is 12.4. The van der Waals surface area contributed by atoms with E-state index in [1.54, 1.807) is 24.3 Å². The SMILES string of the molecule is Cc1ccc(C(=O)Nc2nc3ccc(C(=O)OC(C)C)cc3s2)cc1C. The van der Waals surface area contributed by atoms with Crippen molar-refractivity contribution in [3.63, 3.8) is 0 Å². The van der Waals surface area contributed by atoms with Gasteiger partial charge in [0, 0.05) is 5.56 Å². The van der Waals surface area contributed by atoms with Crippen molar-refractivity contribution < 1.29 is 14.3 Å². The average molecular weight is 368 g/mol. The Hall–Kier alpha value is -2.73. The third-order valence-electron chi connectivity index (χ3n) is 3.96. The number of fused-ring (bicyclic) bond motifs is 1. The summed E-state index contributed by atoms with van der Waals surface area (Å²) in [5.41, 5.74) is 4.00. The minimum atomic E-state index is -0.365. The Morgan fingerprint density at radius 2 is 1.77 bits per heavy atom. The number of amides is 1. The first-order valence-corrected chi connectivity index (χ1v) is 9.15. The molecule has 1 heterocycles. The van der Waals surface area contributed by atoms with Crippen LogP contribution in [-0.4, -0.2) is 23.0 Å². The van der Waals surface area contributed by atoms with Gasteiger partial charge in [0.25, 0.3) is 5.91 Å². The highest BCUT2D eigenvalue weighted by Gasteiger charge is 2.14. The normalized spacial score (nSPS) is 11.0. The summed E-state index contributed by atoms with van der Waals surface area (Å²) in [5.74, 6) is -0.567. The maximum atomic E-state index is 12.4. The van der Waals surface area contributed by atoms with Gasteiger partial charge in [-0.15, -0.1) is 0 Å². The van der Waals surface area contributed by atoms with E-state index < -0.39 is 0 Å². The molecule has 3 aromatic rings. The Balaban J connectivity index is 1.81. The van der Waals surface area contributed by atoms with Gasteiger partial charge in [-0.2, -0.15) is 0 Å². The summed E-state index contributed by atoms with van der Waals surface area (Å²) in [4.78, 5) is 28.9. The molecular weight excluding hydrogens is 348 g/mol. The number of aryl methyl sites for hydroxylation is 2. The highest BCUT2D eigenvalue weighted by molar-refractivity contribution is 7.22. The largest absolute Gasteiger partial charge is 0.459 e. The molecule has 0 radical (unpaired) electrons. The summed E-state index contributed by atoms with van der Waals surface area (Å²) >= 11 is 1.33. The van der Waals surface area contributed by atoms with Gasteiger partial charge in [-0.25, -0.2) is 9.78 Å². The zero-order chi connectivity index (χ0) is 18.8. The molecule has 3 rings (SSSR count). The number of benzene rings is 2. The van der Waals surface area contributed by atoms with Crippen LogP contribution in [0.2, 0.25) is 0 Å². The van der Waals surface area contributed by atoms with Crippen molar-refractivity contribution in [3.05, 3.63) is 58.7 Å². The van der Waals surface area contributed by atoms with Crippen LogP contribution in [0.4, 0.5) is 5.13 Å². The van der Waals surface area contributed by atoms with Gasteiger partial charge in [0.1, 0.15) is 0 Å². The van der Waals surface area contributed by atoms with Gasteiger partial charge in [0.2, 0.25) is 0 Å². The van der Waals surface area contributed by atoms with Crippen molar-refractivity contribution in [2.45, 2.75) is 33.8 Å². The van der Waals surface area contributed by atoms with E-state index in [1.165, 1.54) is 11.3 Å². The zero-order valence-electron chi connectivity index (χ0n) is 15.1. The number of rotatable bonds is 4. The lowest BCUT2D eigenvalue weighted by Gasteiger charge is -2.07. The number of nitrogens with zero attached hydrogens (tertiary/aromatic N) is 1. The number of hydrogen-bond acceptors (Lipinski definition) is 5. The molecule has 6 heteroatoms. The molecule has 0 saturated carbocycles. The van der Waals surface area contributed by atoms with E-state index in [4.69, 9.17) is 4.74 Å². The van der Waals surface area contributed by atoms with E-state index in [0.717, 1.165) is 21.3 Å². The summed E-state index contributed by atoms with van der Waals surface area (Å²) in [6.07, 6.45) is -0.174. The first-order valence-electron chi connectivity index (χ1n) is 8.33. The van der Waals surface area contributed by atoms with Gasteiger partial charge in [0.05, 0.1) is 21.9 Å². The zero-order valence-corrected chi connectivity index (χ0v) is 15.9. The minimum Gasteiger partial charge on any atom is -0.459 e. The third kappa shape index (κ3) is 3.91. The summed E-state index contributed by atoms with van der Waals surface area (Å²) in [7, 11) is 0. The Morgan fingerprint density at radius 1 is 1.04 bits per heavy atom. The van der Waals surface area contributed by atoms with Crippen LogP contribution in [0.15, 0.2) is 36.4 Å². The Bertz CT molecular complexity index is 992. The fourth-order valence-electron chi connectivity index (χ4n) is 2.44. The molecule has 1 N–H and O–H groups in total. The monoisotopic (exact) mass is 368 g/mol. The molecule has 0 aliphatic carbocycles. The first-order chi connectivity index (χ1) is 12.3. The number of hydrogen-bond donors (Lipinski definition) is 1. The number of aromatic nitrogens is 1. The molecule has 0 saturated heterocycles. The second kappa shape index (κ2) is 7.25. The second-order valence-corrected chi connectivity index (χ2v) is 7.44. The van der Waals surface area contributed by atoms with Gasteiger partial charge in [-0.1, -0.05) is 17.4 Å². The second-order valence-electron chi connectivity index (χ2n) is 6.41. The number of thiazole rings is 1. The van der Waals surface area contributed by atoms with Crippen LogP contribution < -0.4 is 5.32 Å². The van der Waals surface area contributed by atoms with Crippen molar-refractivity contribution in [1.82, 2.24) is 4.98 Å². The van der Waals surface area contributed by atoms with E-state index in [0.29, 0.717) is 16.3 Å². The lowest BCUT2D eigenvalue weighted by molar-refractivity contribution is 0.0378. The highest BCUT2D eigenvalue weighted by atomic mass is 32.1. The molecule has 0 atom stereocenters. The van der Waals surface area contributed by atoms with Crippen LogP contribution >= 0.6 is 11.3 Å². The summed E-state index contributed by atoms with van der Waals surface area (Å²) in [6.45, 7) is 7.60. The van der Waals surface area contributed by atoms with Crippen LogP contribution in [0, 0.1) is 13.8 Å². The number of nitrogens with one attached hydrogen (secondary N) is 1. The van der Waals surface area contributed by atoms with Crippen molar-refractivity contribution in [2.75, 3.05) is 5.32 Å². The smallest absolute Gasteiger partial charge is 0.338 e. The van der Waals surface area contributed by atoms with E-state index in [2.05, 4.69) is 10.3 Å². The molecule has 134 valence electrons. The Kier molecular flexibility index (Phi) is 5.04. The number of anilines is 1. The van der Waals surface area contributed by atoms with Crippen molar-refractivity contribution in [1.29, 1.82) is 0 Å².